The number of rotatable bonds is 5. The quantitative estimate of drug-likeness (QED) is 0.845. The standard InChI is InChI=1S/C12H17N5O2S/c1-9-4-5-11(20(18,19)13-2)6-12(9)14-7-10-8-15-16-17(10)3/h4-6,8,13-14H,7H2,1-3H3. The maximum Gasteiger partial charge on any atom is 0.240 e. The van der Waals surface area contributed by atoms with Gasteiger partial charge in [0.05, 0.1) is 23.3 Å². The molecule has 2 N–H and O–H groups in total. The zero-order chi connectivity index (χ0) is 14.8. The average Bonchev–Trinajstić information content (AvgIpc) is 2.83. The van der Waals surface area contributed by atoms with Gasteiger partial charge in [-0.05, 0) is 31.7 Å². The minimum Gasteiger partial charge on any atom is -0.379 e. The summed E-state index contributed by atoms with van der Waals surface area (Å²) in [6.07, 6.45) is 1.66. The van der Waals surface area contributed by atoms with Crippen molar-refractivity contribution in [3.05, 3.63) is 35.7 Å². The van der Waals surface area contributed by atoms with Gasteiger partial charge in [0.1, 0.15) is 0 Å². The minimum atomic E-state index is -3.44. The van der Waals surface area contributed by atoms with Crippen LogP contribution in [0.25, 0.3) is 0 Å². The molecular formula is C12H17N5O2S. The van der Waals surface area contributed by atoms with Crippen molar-refractivity contribution in [3.8, 4) is 0 Å². The second-order valence-corrected chi connectivity index (χ2v) is 6.27. The van der Waals surface area contributed by atoms with Crippen LogP contribution in [0.1, 0.15) is 11.3 Å². The van der Waals surface area contributed by atoms with Crippen molar-refractivity contribution in [2.45, 2.75) is 18.4 Å². The molecule has 0 bridgehead atoms. The first-order valence-corrected chi connectivity index (χ1v) is 7.54. The number of sulfonamides is 1. The number of benzene rings is 1. The lowest BCUT2D eigenvalue weighted by Crippen LogP contribution is -2.18. The molecule has 1 heterocycles. The minimum absolute atomic E-state index is 0.233. The summed E-state index contributed by atoms with van der Waals surface area (Å²) in [6, 6.07) is 4.97. The van der Waals surface area contributed by atoms with Crippen molar-refractivity contribution < 1.29 is 8.42 Å². The summed E-state index contributed by atoms with van der Waals surface area (Å²) in [7, 11) is -0.241. The van der Waals surface area contributed by atoms with E-state index in [1.165, 1.54) is 7.05 Å². The number of nitrogens with one attached hydrogen (secondary N) is 2. The van der Waals surface area contributed by atoms with Gasteiger partial charge < -0.3 is 5.32 Å². The van der Waals surface area contributed by atoms with Crippen LogP contribution in [0.15, 0.2) is 29.3 Å². The number of aryl methyl sites for hydroxylation is 2. The molecule has 0 spiro atoms. The van der Waals surface area contributed by atoms with Crippen LogP contribution in [0.2, 0.25) is 0 Å². The topological polar surface area (TPSA) is 88.9 Å². The van der Waals surface area contributed by atoms with Gasteiger partial charge in [0.25, 0.3) is 0 Å². The molecule has 1 aromatic carbocycles. The highest BCUT2D eigenvalue weighted by atomic mass is 32.2. The third-order valence-corrected chi connectivity index (χ3v) is 4.47. The highest BCUT2D eigenvalue weighted by Gasteiger charge is 2.13. The second-order valence-electron chi connectivity index (χ2n) is 4.39. The molecule has 20 heavy (non-hydrogen) atoms. The van der Waals surface area contributed by atoms with Crippen LogP contribution in [0, 0.1) is 6.92 Å². The molecule has 0 radical (unpaired) electrons. The molecule has 0 fully saturated rings. The van der Waals surface area contributed by atoms with Gasteiger partial charge in [-0.1, -0.05) is 11.3 Å². The first-order valence-electron chi connectivity index (χ1n) is 6.05. The van der Waals surface area contributed by atoms with Gasteiger partial charge in [-0.15, -0.1) is 5.10 Å². The molecule has 2 rings (SSSR count). The number of nitrogens with zero attached hydrogens (tertiary/aromatic N) is 3. The Kier molecular flexibility index (Phi) is 4.05. The Balaban J connectivity index is 2.24. The summed E-state index contributed by atoms with van der Waals surface area (Å²) in [5.74, 6) is 0. The van der Waals surface area contributed by atoms with Crippen molar-refractivity contribution >= 4 is 15.7 Å². The third kappa shape index (κ3) is 2.97. The lowest BCUT2D eigenvalue weighted by Gasteiger charge is -2.11. The van der Waals surface area contributed by atoms with Gasteiger partial charge in [0.2, 0.25) is 10.0 Å². The maximum absolute atomic E-state index is 11.8. The Morgan fingerprint density at radius 3 is 2.70 bits per heavy atom. The van der Waals surface area contributed by atoms with Crippen LogP contribution in [0.3, 0.4) is 0 Å². The van der Waals surface area contributed by atoms with E-state index in [2.05, 4.69) is 20.4 Å². The molecule has 7 nitrogen and oxygen atoms in total. The second kappa shape index (κ2) is 5.59. The summed E-state index contributed by atoms with van der Waals surface area (Å²) in [5, 5.41) is 10.8. The molecule has 0 amide bonds. The van der Waals surface area contributed by atoms with Gasteiger partial charge in [0, 0.05) is 12.7 Å². The van der Waals surface area contributed by atoms with Gasteiger partial charge in [-0.3, -0.25) is 4.68 Å². The molecule has 0 aliphatic heterocycles. The van der Waals surface area contributed by atoms with Gasteiger partial charge in [-0.2, -0.15) is 0 Å². The predicted molar refractivity (Wildman–Crippen MR) is 75.8 cm³/mol. The first-order chi connectivity index (χ1) is 9.44. The van der Waals surface area contributed by atoms with Crippen LogP contribution in [-0.2, 0) is 23.6 Å². The van der Waals surface area contributed by atoms with Crippen molar-refractivity contribution in [2.75, 3.05) is 12.4 Å². The molecule has 0 atom stereocenters. The fourth-order valence-corrected chi connectivity index (χ4v) is 2.49. The summed E-state index contributed by atoms with van der Waals surface area (Å²) >= 11 is 0. The van der Waals surface area contributed by atoms with E-state index >= 15 is 0 Å². The maximum atomic E-state index is 11.8. The van der Waals surface area contributed by atoms with Crippen LogP contribution in [0.4, 0.5) is 5.69 Å². The SMILES string of the molecule is CNS(=O)(=O)c1ccc(C)c(NCc2cnnn2C)c1. The van der Waals surface area contributed by atoms with Gasteiger partial charge in [0.15, 0.2) is 0 Å². The van der Waals surface area contributed by atoms with E-state index in [1.54, 1.807) is 36.1 Å². The van der Waals surface area contributed by atoms with E-state index in [9.17, 15) is 8.42 Å². The summed E-state index contributed by atoms with van der Waals surface area (Å²) in [6.45, 7) is 2.44. The lowest BCUT2D eigenvalue weighted by atomic mass is 10.2. The van der Waals surface area contributed by atoms with Gasteiger partial charge in [-0.25, -0.2) is 13.1 Å². The number of hydrogen-bond donors (Lipinski definition) is 2. The lowest BCUT2D eigenvalue weighted by molar-refractivity contribution is 0.588. The number of anilines is 1. The molecule has 0 saturated carbocycles. The van der Waals surface area contributed by atoms with E-state index in [0.717, 1.165) is 16.9 Å². The van der Waals surface area contributed by atoms with Crippen LogP contribution < -0.4 is 10.0 Å². The zero-order valence-corrected chi connectivity index (χ0v) is 12.4. The van der Waals surface area contributed by atoms with Crippen molar-refractivity contribution in [3.63, 3.8) is 0 Å². The van der Waals surface area contributed by atoms with Crippen molar-refractivity contribution in [2.24, 2.45) is 7.05 Å². The molecule has 0 unspecified atom stereocenters. The Morgan fingerprint density at radius 2 is 2.10 bits per heavy atom. The summed E-state index contributed by atoms with van der Waals surface area (Å²) in [4.78, 5) is 0.233. The third-order valence-electron chi connectivity index (χ3n) is 3.06. The fourth-order valence-electron chi connectivity index (χ4n) is 1.73. The molecule has 0 aliphatic rings. The van der Waals surface area contributed by atoms with Crippen LogP contribution in [-0.4, -0.2) is 30.5 Å². The van der Waals surface area contributed by atoms with E-state index in [1.807, 2.05) is 6.92 Å². The van der Waals surface area contributed by atoms with Crippen molar-refractivity contribution in [1.29, 1.82) is 0 Å². The number of aromatic nitrogens is 3. The Labute approximate surface area is 118 Å². The summed E-state index contributed by atoms with van der Waals surface area (Å²) < 4.78 is 27.5. The molecular weight excluding hydrogens is 278 g/mol. The summed E-state index contributed by atoms with van der Waals surface area (Å²) in [5.41, 5.74) is 2.64. The van der Waals surface area contributed by atoms with E-state index in [-0.39, 0.29) is 4.90 Å². The van der Waals surface area contributed by atoms with Crippen molar-refractivity contribution in [1.82, 2.24) is 19.7 Å². The highest BCUT2D eigenvalue weighted by molar-refractivity contribution is 7.89. The van der Waals surface area contributed by atoms with E-state index in [4.69, 9.17) is 0 Å². The number of hydrogen-bond acceptors (Lipinski definition) is 5. The normalized spacial score (nSPS) is 11.6. The fraction of sp³-hybridized carbons (Fsp3) is 0.333. The Morgan fingerprint density at radius 1 is 1.35 bits per heavy atom. The average molecular weight is 295 g/mol. The van der Waals surface area contributed by atoms with E-state index < -0.39 is 10.0 Å². The monoisotopic (exact) mass is 295 g/mol. The predicted octanol–water partition coefficient (Wildman–Crippen LogP) is 0.644. The molecule has 1 aromatic heterocycles. The molecule has 8 heteroatoms. The molecule has 0 aliphatic carbocycles. The first kappa shape index (κ1) is 14.5. The highest BCUT2D eigenvalue weighted by Crippen LogP contribution is 2.20. The van der Waals surface area contributed by atoms with Crippen LogP contribution in [0.5, 0.6) is 0 Å². The Hall–Kier alpha value is -1.93. The molecule has 0 saturated heterocycles. The van der Waals surface area contributed by atoms with E-state index in [0.29, 0.717) is 6.54 Å². The molecule has 2 aromatic rings. The smallest absolute Gasteiger partial charge is 0.240 e. The largest absolute Gasteiger partial charge is 0.379 e. The molecule has 108 valence electrons. The van der Waals surface area contributed by atoms with Gasteiger partial charge >= 0.3 is 0 Å². The zero-order valence-electron chi connectivity index (χ0n) is 11.6. The Bertz CT molecular complexity index is 708. The van der Waals surface area contributed by atoms with Crippen LogP contribution >= 0.6 is 0 Å².